The van der Waals surface area contributed by atoms with Gasteiger partial charge in [0.25, 0.3) is 0 Å². The molecule has 0 aromatic heterocycles. The van der Waals surface area contributed by atoms with Crippen LogP contribution in [-0.4, -0.2) is 12.5 Å². The normalized spacial score (nSPS) is 9.23. The first-order valence-electron chi connectivity index (χ1n) is 3.94. The van der Waals surface area contributed by atoms with E-state index in [0.717, 1.165) is 5.56 Å². The summed E-state index contributed by atoms with van der Waals surface area (Å²) in [5, 5.41) is 5.34. The van der Waals surface area contributed by atoms with E-state index in [9.17, 15) is 4.79 Å². The van der Waals surface area contributed by atoms with Gasteiger partial charge in [0.2, 0.25) is 5.91 Å². The summed E-state index contributed by atoms with van der Waals surface area (Å²) in [5.74, 6) is -0.286. The molecule has 0 heterocycles. The molecule has 13 heavy (non-hydrogen) atoms. The number of nitrogens with zero attached hydrogens (tertiary/aromatic N) is 2. The zero-order valence-corrected chi connectivity index (χ0v) is 7.10. The van der Waals surface area contributed by atoms with Crippen molar-refractivity contribution >= 4 is 5.91 Å². The second kappa shape index (κ2) is 5.03. The number of hydrogen-bond donors (Lipinski definition) is 1. The molecule has 1 N–H and O–H groups in total. The highest BCUT2D eigenvalue weighted by Crippen LogP contribution is 1.96. The molecule has 1 amide bonds. The second-order valence-electron chi connectivity index (χ2n) is 2.56. The van der Waals surface area contributed by atoms with Crippen molar-refractivity contribution in [2.45, 2.75) is 6.54 Å². The highest BCUT2D eigenvalue weighted by Gasteiger charge is 1.96. The smallest absolute Gasteiger partial charge is 0.239 e. The van der Waals surface area contributed by atoms with Crippen molar-refractivity contribution in [2.24, 2.45) is 5.11 Å². The summed E-state index contributed by atoms with van der Waals surface area (Å²) in [7, 11) is 0. The summed E-state index contributed by atoms with van der Waals surface area (Å²) in [4.78, 5) is 10.9. The Morgan fingerprint density at radius 2 is 2.08 bits per heavy atom. The van der Waals surface area contributed by atoms with Crippen LogP contribution in [0.5, 0.6) is 0 Å². The van der Waals surface area contributed by atoms with Crippen LogP contribution in [0.3, 0.4) is 0 Å². The third-order valence-electron chi connectivity index (χ3n) is 1.55. The van der Waals surface area contributed by atoms with E-state index in [1.165, 1.54) is 0 Å². The zero-order valence-electron chi connectivity index (χ0n) is 7.10. The SMILES string of the molecule is [N-]=NCC(=O)NCc1ccccc1. The van der Waals surface area contributed by atoms with Crippen molar-refractivity contribution < 1.29 is 4.79 Å². The van der Waals surface area contributed by atoms with Crippen molar-refractivity contribution in [1.29, 1.82) is 0 Å². The van der Waals surface area contributed by atoms with Crippen molar-refractivity contribution in [3.8, 4) is 0 Å². The number of nitrogens with one attached hydrogen (secondary N) is 1. The summed E-state index contributed by atoms with van der Waals surface area (Å²) in [6, 6.07) is 9.54. The molecule has 0 saturated heterocycles. The van der Waals surface area contributed by atoms with Gasteiger partial charge in [0.15, 0.2) is 0 Å². The van der Waals surface area contributed by atoms with Crippen LogP contribution < -0.4 is 5.32 Å². The van der Waals surface area contributed by atoms with E-state index < -0.39 is 0 Å². The van der Waals surface area contributed by atoms with Gasteiger partial charge in [-0.05, 0) is 5.56 Å². The Kier molecular flexibility index (Phi) is 3.63. The van der Waals surface area contributed by atoms with Crippen LogP contribution in [0.15, 0.2) is 35.4 Å². The maximum absolute atomic E-state index is 10.9. The molecule has 1 rings (SSSR count). The van der Waals surface area contributed by atoms with Crippen molar-refractivity contribution in [3.63, 3.8) is 0 Å². The summed E-state index contributed by atoms with van der Waals surface area (Å²) < 4.78 is 0. The molecular weight excluding hydrogens is 166 g/mol. The van der Waals surface area contributed by atoms with Gasteiger partial charge >= 0.3 is 0 Å². The summed E-state index contributed by atoms with van der Waals surface area (Å²) in [6.07, 6.45) is 0. The average molecular weight is 176 g/mol. The fraction of sp³-hybridized carbons (Fsp3) is 0.222. The molecule has 4 nitrogen and oxygen atoms in total. The number of carbonyl (C=O) groups excluding carboxylic acids is 1. The molecule has 0 unspecified atom stereocenters. The number of benzene rings is 1. The van der Waals surface area contributed by atoms with Gasteiger partial charge in [-0.15, -0.1) is 0 Å². The monoisotopic (exact) mass is 176 g/mol. The first kappa shape index (κ1) is 9.38. The largest absolute Gasteiger partial charge is 0.711 e. The van der Waals surface area contributed by atoms with Gasteiger partial charge in [0.1, 0.15) is 0 Å². The van der Waals surface area contributed by atoms with Crippen LogP contribution in [-0.2, 0) is 11.3 Å². The van der Waals surface area contributed by atoms with Crippen LogP contribution >= 0.6 is 0 Å². The Morgan fingerprint density at radius 1 is 1.38 bits per heavy atom. The molecule has 68 valence electrons. The molecule has 4 heteroatoms. The van der Waals surface area contributed by atoms with E-state index in [1.807, 2.05) is 30.3 Å². The minimum absolute atomic E-state index is 0.202. The van der Waals surface area contributed by atoms with Crippen molar-refractivity contribution in [3.05, 3.63) is 41.4 Å². The number of hydrogen-bond acceptors (Lipinski definition) is 2. The van der Waals surface area contributed by atoms with Gasteiger partial charge in [-0.25, -0.2) is 0 Å². The van der Waals surface area contributed by atoms with Crippen LogP contribution in [0, 0.1) is 0 Å². The summed E-state index contributed by atoms with van der Waals surface area (Å²) >= 11 is 0. The fourth-order valence-electron chi connectivity index (χ4n) is 0.917. The lowest BCUT2D eigenvalue weighted by molar-refractivity contribution is -0.119. The standard InChI is InChI=1S/C9H10N3O/c10-12-7-9(13)11-6-8-4-2-1-3-5-8/h1-5H,6-7H2,(H,11,13)/q-1. The molecule has 0 aliphatic rings. The van der Waals surface area contributed by atoms with Gasteiger partial charge < -0.3 is 16.0 Å². The van der Waals surface area contributed by atoms with Gasteiger partial charge in [-0.3, -0.25) is 4.79 Å². The predicted octanol–water partition coefficient (Wildman–Crippen LogP) is 1.32. The Morgan fingerprint density at radius 3 is 2.69 bits per heavy atom. The number of amides is 1. The van der Waals surface area contributed by atoms with E-state index in [0.29, 0.717) is 6.54 Å². The topological polar surface area (TPSA) is 63.8 Å². The van der Waals surface area contributed by atoms with Gasteiger partial charge in [0.05, 0.1) is 6.54 Å². The number of rotatable bonds is 4. The first-order valence-corrected chi connectivity index (χ1v) is 3.94. The Bertz CT molecular complexity index is 284. The van der Waals surface area contributed by atoms with Gasteiger partial charge in [-0.2, -0.15) is 0 Å². The second-order valence-corrected chi connectivity index (χ2v) is 2.56. The van der Waals surface area contributed by atoms with E-state index in [-0.39, 0.29) is 12.5 Å². The zero-order chi connectivity index (χ0) is 9.52. The van der Waals surface area contributed by atoms with Crippen molar-refractivity contribution in [2.75, 3.05) is 6.54 Å². The molecule has 1 aromatic rings. The average Bonchev–Trinajstić information content (AvgIpc) is 2.17. The van der Waals surface area contributed by atoms with Crippen LogP contribution in [0.25, 0.3) is 5.53 Å². The molecule has 1 aromatic carbocycles. The molecule has 0 aliphatic carbocycles. The highest BCUT2D eigenvalue weighted by atomic mass is 16.1. The van der Waals surface area contributed by atoms with E-state index in [1.54, 1.807) is 0 Å². The third kappa shape index (κ3) is 3.46. The lowest BCUT2D eigenvalue weighted by atomic mass is 10.2. The molecule has 0 saturated carbocycles. The molecule has 0 atom stereocenters. The Hall–Kier alpha value is -1.71. The van der Waals surface area contributed by atoms with Crippen LogP contribution in [0.1, 0.15) is 5.56 Å². The molecule has 0 radical (unpaired) electrons. The Balaban J connectivity index is 2.35. The minimum atomic E-state index is -0.286. The van der Waals surface area contributed by atoms with Crippen LogP contribution in [0.4, 0.5) is 0 Å². The molecule has 0 aliphatic heterocycles. The highest BCUT2D eigenvalue weighted by molar-refractivity contribution is 5.78. The van der Waals surface area contributed by atoms with E-state index in [4.69, 9.17) is 5.53 Å². The molecule has 0 spiro atoms. The van der Waals surface area contributed by atoms with Gasteiger partial charge in [-0.1, -0.05) is 30.3 Å². The Labute approximate surface area is 76.5 Å². The molecular formula is C9H10N3O-. The lowest BCUT2D eigenvalue weighted by Crippen LogP contribution is -2.24. The predicted molar refractivity (Wildman–Crippen MR) is 48.9 cm³/mol. The minimum Gasteiger partial charge on any atom is -0.711 e. The maximum Gasteiger partial charge on any atom is 0.239 e. The fourth-order valence-corrected chi connectivity index (χ4v) is 0.917. The maximum atomic E-state index is 10.9. The van der Waals surface area contributed by atoms with E-state index >= 15 is 0 Å². The summed E-state index contributed by atoms with van der Waals surface area (Å²) in [5.41, 5.74) is 9.12. The van der Waals surface area contributed by atoms with Crippen LogP contribution in [0.2, 0.25) is 0 Å². The third-order valence-corrected chi connectivity index (χ3v) is 1.55. The molecule has 0 fully saturated rings. The first-order chi connectivity index (χ1) is 6.33. The van der Waals surface area contributed by atoms with E-state index in [2.05, 4.69) is 10.4 Å². The number of carbonyl (C=O) groups is 1. The summed E-state index contributed by atoms with van der Waals surface area (Å²) in [6.45, 7) is 0.266. The molecule has 0 bridgehead atoms. The van der Waals surface area contributed by atoms with Gasteiger partial charge in [0, 0.05) is 6.54 Å². The quantitative estimate of drug-likeness (QED) is 0.691. The lowest BCUT2D eigenvalue weighted by Gasteiger charge is -2.03. The van der Waals surface area contributed by atoms with Crippen molar-refractivity contribution in [1.82, 2.24) is 5.32 Å².